The van der Waals surface area contributed by atoms with Crippen molar-refractivity contribution in [1.29, 1.82) is 0 Å². The quantitative estimate of drug-likeness (QED) is 0.245. The highest BCUT2D eigenvalue weighted by Gasteiger charge is 2.34. The van der Waals surface area contributed by atoms with Gasteiger partial charge in [0, 0.05) is 18.4 Å². The maximum Gasteiger partial charge on any atom is 0.167 e. The average molecular weight is 354 g/mol. The van der Waals surface area contributed by atoms with Gasteiger partial charge in [-0.2, -0.15) is 0 Å². The van der Waals surface area contributed by atoms with E-state index in [2.05, 4.69) is 0 Å². The summed E-state index contributed by atoms with van der Waals surface area (Å²) < 4.78 is 0. The molecular formula is C15H24B2O6S. The van der Waals surface area contributed by atoms with Crippen LogP contribution in [0.2, 0.25) is 6.32 Å². The zero-order valence-electron chi connectivity index (χ0n) is 14.4. The van der Waals surface area contributed by atoms with Gasteiger partial charge in [0.1, 0.15) is 27.6 Å². The van der Waals surface area contributed by atoms with Crippen molar-refractivity contribution in [2.75, 3.05) is 6.26 Å². The maximum atomic E-state index is 10.4. The van der Waals surface area contributed by atoms with E-state index >= 15 is 0 Å². The van der Waals surface area contributed by atoms with Crippen molar-refractivity contribution in [3.05, 3.63) is 44.6 Å². The highest BCUT2D eigenvalue weighted by molar-refractivity contribution is 8.02. The molecule has 0 aromatic rings. The standard InChI is InChI=1S/C15H24B2O6S/c1-3-6(18)10(12(17)9(5-16)24-2)11-7(19)4-8(20)13(21)15(23)14(11)22/h8,13,18-23H,3-5,16-17H2,1-2H3/b10-6+,12-9-. The fourth-order valence-electron chi connectivity index (χ4n) is 2.69. The van der Waals surface area contributed by atoms with Gasteiger partial charge in [0.25, 0.3) is 0 Å². The lowest BCUT2D eigenvalue weighted by Gasteiger charge is -2.19. The van der Waals surface area contributed by atoms with Gasteiger partial charge in [0.2, 0.25) is 0 Å². The third-order valence-corrected chi connectivity index (χ3v) is 5.14. The van der Waals surface area contributed by atoms with E-state index < -0.39 is 29.5 Å². The zero-order chi connectivity index (χ0) is 18.6. The van der Waals surface area contributed by atoms with E-state index in [9.17, 15) is 30.6 Å². The fraction of sp³-hybridized carbons (Fsp3) is 0.467. The lowest BCUT2D eigenvalue weighted by Crippen LogP contribution is -2.27. The molecule has 0 aromatic carbocycles. The van der Waals surface area contributed by atoms with E-state index in [1.807, 2.05) is 14.1 Å². The Morgan fingerprint density at radius 1 is 1.25 bits per heavy atom. The van der Waals surface area contributed by atoms with E-state index in [1.165, 1.54) is 11.8 Å². The first-order chi connectivity index (χ1) is 11.2. The van der Waals surface area contributed by atoms with Crippen molar-refractivity contribution in [3.8, 4) is 0 Å². The molecule has 0 aromatic heterocycles. The minimum atomic E-state index is -1.72. The lowest BCUT2D eigenvalue weighted by atomic mass is 9.79. The molecule has 2 atom stereocenters. The van der Waals surface area contributed by atoms with Crippen LogP contribution < -0.4 is 0 Å². The van der Waals surface area contributed by atoms with Gasteiger partial charge in [-0.15, -0.1) is 11.8 Å². The van der Waals surface area contributed by atoms with Crippen LogP contribution in [0.15, 0.2) is 44.6 Å². The van der Waals surface area contributed by atoms with E-state index in [-0.39, 0.29) is 29.7 Å². The van der Waals surface area contributed by atoms with Gasteiger partial charge in [-0.3, -0.25) is 0 Å². The summed E-state index contributed by atoms with van der Waals surface area (Å²) in [5.74, 6) is -2.06. The molecule has 0 bridgehead atoms. The van der Waals surface area contributed by atoms with Gasteiger partial charge >= 0.3 is 0 Å². The molecule has 0 saturated carbocycles. The van der Waals surface area contributed by atoms with E-state index in [1.54, 1.807) is 14.8 Å². The monoisotopic (exact) mass is 354 g/mol. The molecule has 6 N–H and O–H groups in total. The van der Waals surface area contributed by atoms with Gasteiger partial charge in [-0.25, -0.2) is 0 Å². The van der Waals surface area contributed by atoms with Crippen molar-refractivity contribution in [1.82, 2.24) is 0 Å². The second-order valence-corrected chi connectivity index (χ2v) is 6.45. The molecule has 1 aliphatic rings. The van der Waals surface area contributed by atoms with Crippen LogP contribution in [-0.4, -0.2) is 64.8 Å². The first-order valence-electron chi connectivity index (χ1n) is 7.78. The van der Waals surface area contributed by atoms with Crippen LogP contribution in [0, 0.1) is 0 Å². The largest absolute Gasteiger partial charge is 0.512 e. The predicted molar refractivity (Wildman–Crippen MR) is 101 cm³/mol. The Bertz CT molecular complexity index is 613. The molecule has 0 spiro atoms. The smallest absolute Gasteiger partial charge is 0.167 e. The van der Waals surface area contributed by atoms with Crippen molar-refractivity contribution in [2.24, 2.45) is 0 Å². The Morgan fingerprint density at radius 3 is 2.29 bits per heavy atom. The van der Waals surface area contributed by atoms with Crippen LogP contribution in [0.3, 0.4) is 0 Å². The van der Waals surface area contributed by atoms with Crippen molar-refractivity contribution in [3.63, 3.8) is 0 Å². The van der Waals surface area contributed by atoms with Crippen LogP contribution in [0.1, 0.15) is 19.8 Å². The number of aliphatic hydroxyl groups is 6. The molecule has 1 aliphatic carbocycles. The summed E-state index contributed by atoms with van der Waals surface area (Å²) in [4.78, 5) is 0.933. The summed E-state index contributed by atoms with van der Waals surface area (Å²) in [7, 11) is 3.69. The minimum absolute atomic E-state index is 0.0701. The predicted octanol–water partition coefficient (Wildman–Crippen LogP) is 0.733. The molecule has 132 valence electrons. The Hall–Kier alpha value is -1.44. The second-order valence-electron chi connectivity index (χ2n) is 5.55. The number of thioether (sulfide) groups is 1. The Kier molecular flexibility index (Phi) is 7.38. The molecule has 0 aliphatic heterocycles. The SMILES string of the molecule is BC/C(SC)=C(B)\C(C1=C(O)CC(O)C(O)C(O)=C1O)=C(\O)CC. The topological polar surface area (TPSA) is 121 Å². The highest BCUT2D eigenvalue weighted by atomic mass is 32.2. The Balaban J connectivity index is 3.77. The number of hydrogen-bond acceptors (Lipinski definition) is 7. The van der Waals surface area contributed by atoms with Gasteiger partial charge in [0.05, 0.1) is 17.4 Å². The normalized spacial score (nSPS) is 24.5. The number of hydrogen-bond donors (Lipinski definition) is 6. The highest BCUT2D eigenvalue weighted by Crippen LogP contribution is 2.37. The van der Waals surface area contributed by atoms with Crippen molar-refractivity contribution in [2.45, 2.75) is 38.3 Å². The van der Waals surface area contributed by atoms with Crippen LogP contribution in [0.5, 0.6) is 0 Å². The second kappa shape index (κ2) is 8.60. The van der Waals surface area contributed by atoms with Gasteiger partial charge in [-0.1, -0.05) is 18.7 Å². The molecule has 0 radical (unpaired) electrons. The molecule has 0 saturated heterocycles. The summed E-state index contributed by atoms with van der Waals surface area (Å²) in [5, 5.41) is 60.6. The Labute approximate surface area is 147 Å². The molecule has 24 heavy (non-hydrogen) atoms. The van der Waals surface area contributed by atoms with Crippen molar-refractivity contribution >= 4 is 27.5 Å². The average Bonchev–Trinajstić information content (AvgIpc) is 2.62. The third kappa shape index (κ3) is 3.96. The van der Waals surface area contributed by atoms with E-state index in [4.69, 9.17) is 0 Å². The van der Waals surface area contributed by atoms with Crippen LogP contribution in [0.25, 0.3) is 0 Å². The lowest BCUT2D eigenvalue weighted by molar-refractivity contribution is 0.0125. The summed E-state index contributed by atoms with van der Waals surface area (Å²) >= 11 is 1.48. The summed E-state index contributed by atoms with van der Waals surface area (Å²) in [6.45, 7) is 1.71. The molecule has 1 rings (SSSR count). The zero-order valence-corrected chi connectivity index (χ0v) is 15.2. The van der Waals surface area contributed by atoms with Gasteiger partial charge < -0.3 is 30.6 Å². The fourth-order valence-corrected chi connectivity index (χ4v) is 3.39. The number of allylic oxidation sites excluding steroid dienone is 4. The Morgan fingerprint density at radius 2 is 1.83 bits per heavy atom. The van der Waals surface area contributed by atoms with Crippen LogP contribution in [-0.2, 0) is 0 Å². The molecular weight excluding hydrogens is 330 g/mol. The third-order valence-electron chi connectivity index (χ3n) is 4.05. The van der Waals surface area contributed by atoms with Crippen LogP contribution in [0.4, 0.5) is 0 Å². The first kappa shape index (κ1) is 20.6. The molecule has 6 nitrogen and oxygen atoms in total. The van der Waals surface area contributed by atoms with Crippen molar-refractivity contribution < 1.29 is 30.6 Å². The summed E-state index contributed by atoms with van der Waals surface area (Å²) in [6.07, 6.45) is -0.739. The maximum absolute atomic E-state index is 10.4. The molecule has 2 unspecified atom stereocenters. The van der Waals surface area contributed by atoms with E-state index in [0.29, 0.717) is 11.8 Å². The first-order valence-corrected chi connectivity index (χ1v) is 9.00. The molecule has 9 heteroatoms. The summed E-state index contributed by atoms with van der Waals surface area (Å²) in [5.41, 5.74) is 0.683. The summed E-state index contributed by atoms with van der Waals surface area (Å²) in [6, 6.07) is 0. The molecule has 0 amide bonds. The minimum Gasteiger partial charge on any atom is -0.512 e. The number of rotatable bonds is 5. The molecule has 0 fully saturated rings. The van der Waals surface area contributed by atoms with Gasteiger partial charge in [0.15, 0.2) is 11.5 Å². The van der Waals surface area contributed by atoms with Crippen LogP contribution >= 0.6 is 11.8 Å². The number of aliphatic hydroxyl groups excluding tert-OH is 6. The van der Waals surface area contributed by atoms with Gasteiger partial charge in [-0.05, 0) is 11.2 Å². The van der Waals surface area contributed by atoms with E-state index in [0.717, 1.165) is 4.91 Å². The molecule has 0 heterocycles.